The third kappa shape index (κ3) is 1.05. The molecule has 19 heavy (non-hydrogen) atoms. The largest absolute Gasteiger partial charge is 0.489 e. The fraction of sp³-hybridized carbons (Fsp3) is 0.625. The molecular formula is C16H19NO2. The van der Waals surface area contributed by atoms with Gasteiger partial charge in [0.1, 0.15) is 11.9 Å². The predicted molar refractivity (Wildman–Crippen MR) is 71.2 cm³/mol. The molecule has 2 heterocycles. The Balaban J connectivity index is 1.85. The average molecular weight is 257 g/mol. The van der Waals surface area contributed by atoms with Crippen molar-refractivity contribution in [2.24, 2.45) is 5.92 Å². The van der Waals surface area contributed by atoms with E-state index >= 15 is 0 Å². The van der Waals surface area contributed by atoms with Crippen LogP contribution in [0.5, 0.6) is 5.75 Å². The van der Waals surface area contributed by atoms with Crippen molar-refractivity contribution in [2.75, 3.05) is 6.54 Å². The summed E-state index contributed by atoms with van der Waals surface area (Å²) in [6.07, 6.45) is 4.77. The summed E-state index contributed by atoms with van der Waals surface area (Å²) in [6, 6.07) is 6.45. The van der Waals surface area contributed by atoms with Crippen LogP contribution in [0, 0.1) is 5.92 Å². The molecule has 1 aromatic carbocycles. The average Bonchev–Trinajstić information content (AvgIpc) is 2.77. The van der Waals surface area contributed by atoms with E-state index in [0.717, 1.165) is 24.3 Å². The number of aliphatic hydroxyl groups excluding tert-OH is 1. The van der Waals surface area contributed by atoms with Crippen LogP contribution < -0.4 is 10.1 Å². The van der Waals surface area contributed by atoms with Crippen LogP contribution in [0.2, 0.25) is 0 Å². The molecule has 3 heteroatoms. The maximum atomic E-state index is 10.7. The molecule has 100 valence electrons. The van der Waals surface area contributed by atoms with Crippen LogP contribution in [-0.4, -0.2) is 23.8 Å². The maximum absolute atomic E-state index is 10.7. The van der Waals surface area contributed by atoms with Crippen molar-refractivity contribution in [1.29, 1.82) is 0 Å². The Morgan fingerprint density at radius 1 is 1.32 bits per heavy atom. The van der Waals surface area contributed by atoms with Gasteiger partial charge in [0.25, 0.3) is 0 Å². The van der Waals surface area contributed by atoms with E-state index in [0.29, 0.717) is 12.0 Å². The number of nitrogens with one attached hydrogen (secondary N) is 1. The lowest BCUT2D eigenvalue weighted by atomic mass is 9.52. The maximum Gasteiger partial charge on any atom is 0.124 e. The van der Waals surface area contributed by atoms with Gasteiger partial charge in [0.05, 0.1) is 6.10 Å². The summed E-state index contributed by atoms with van der Waals surface area (Å²) >= 11 is 0. The fourth-order valence-electron chi connectivity index (χ4n) is 5.42. The number of rotatable bonds is 0. The first-order valence-electron chi connectivity index (χ1n) is 7.54. The molecule has 1 spiro atoms. The van der Waals surface area contributed by atoms with E-state index in [-0.39, 0.29) is 17.6 Å². The second-order valence-electron chi connectivity index (χ2n) is 6.58. The molecule has 2 unspecified atom stereocenters. The standard InChI is InChI=1S/C16H19NO2/c18-15-9-3-1-5-11-13(9)16-7-8-17-14(15)10(16)4-2-6-12(16)19-11/h1,3,5,10,12,14-15,17-18H,2,4,6-8H2/t10-,12?,14-,15?,16+/m0/s1. The van der Waals surface area contributed by atoms with Gasteiger partial charge in [0, 0.05) is 17.0 Å². The molecule has 2 N–H and O–H groups in total. The summed E-state index contributed by atoms with van der Waals surface area (Å²) in [5.74, 6) is 1.60. The lowest BCUT2D eigenvalue weighted by Crippen LogP contribution is -2.64. The van der Waals surface area contributed by atoms with Crippen LogP contribution in [-0.2, 0) is 5.41 Å². The second-order valence-corrected chi connectivity index (χ2v) is 6.58. The van der Waals surface area contributed by atoms with Gasteiger partial charge in [-0.1, -0.05) is 12.1 Å². The third-order valence-electron chi connectivity index (χ3n) is 6.02. The van der Waals surface area contributed by atoms with E-state index < -0.39 is 0 Å². The molecule has 2 fully saturated rings. The molecule has 0 radical (unpaired) electrons. The van der Waals surface area contributed by atoms with E-state index in [1.54, 1.807) is 0 Å². The quantitative estimate of drug-likeness (QED) is 0.746. The predicted octanol–water partition coefficient (Wildman–Crippen LogP) is 1.89. The van der Waals surface area contributed by atoms with Crippen LogP contribution >= 0.6 is 0 Å². The molecule has 1 saturated heterocycles. The number of hydrogen-bond acceptors (Lipinski definition) is 3. The molecule has 3 nitrogen and oxygen atoms in total. The summed E-state index contributed by atoms with van der Waals surface area (Å²) in [7, 11) is 0. The molecule has 5 rings (SSSR count). The second kappa shape index (κ2) is 3.33. The van der Waals surface area contributed by atoms with Crippen molar-refractivity contribution >= 4 is 0 Å². The Kier molecular flexibility index (Phi) is 1.88. The molecular weight excluding hydrogens is 238 g/mol. The van der Waals surface area contributed by atoms with Gasteiger partial charge >= 0.3 is 0 Å². The monoisotopic (exact) mass is 257 g/mol. The smallest absolute Gasteiger partial charge is 0.124 e. The zero-order valence-electron chi connectivity index (χ0n) is 10.9. The Hall–Kier alpha value is -1.06. The Labute approximate surface area is 113 Å². The summed E-state index contributed by atoms with van der Waals surface area (Å²) in [5, 5.41) is 14.3. The van der Waals surface area contributed by atoms with Gasteiger partial charge in [-0.3, -0.25) is 0 Å². The normalized spacial score (nSPS) is 45.5. The number of piperidine rings is 1. The number of ether oxygens (including phenoxy) is 1. The van der Waals surface area contributed by atoms with E-state index in [4.69, 9.17) is 4.74 Å². The molecule has 2 aliphatic carbocycles. The van der Waals surface area contributed by atoms with Crippen molar-refractivity contribution in [3.63, 3.8) is 0 Å². The van der Waals surface area contributed by atoms with Gasteiger partial charge in [-0.2, -0.15) is 0 Å². The van der Waals surface area contributed by atoms with Gasteiger partial charge in [0.15, 0.2) is 0 Å². The van der Waals surface area contributed by atoms with Crippen molar-refractivity contribution in [2.45, 2.75) is 49.3 Å². The summed E-state index contributed by atoms with van der Waals surface area (Å²) < 4.78 is 6.29. The highest BCUT2D eigenvalue weighted by atomic mass is 16.5. The van der Waals surface area contributed by atoms with Gasteiger partial charge in [-0.15, -0.1) is 0 Å². The minimum atomic E-state index is -0.367. The molecule has 4 aliphatic rings. The van der Waals surface area contributed by atoms with E-state index in [1.807, 2.05) is 6.07 Å². The minimum absolute atomic E-state index is 0.194. The summed E-state index contributed by atoms with van der Waals surface area (Å²) in [5.41, 5.74) is 2.67. The Bertz CT molecular complexity index is 558. The highest BCUT2D eigenvalue weighted by molar-refractivity contribution is 5.55. The van der Waals surface area contributed by atoms with E-state index in [9.17, 15) is 5.11 Å². The van der Waals surface area contributed by atoms with Crippen LogP contribution in [0.25, 0.3) is 0 Å². The Morgan fingerprint density at radius 3 is 3.21 bits per heavy atom. The highest BCUT2D eigenvalue weighted by Gasteiger charge is 2.63. The zero-order valence-corrected chi connectivity index (χ0v) is 10.9. The minimum Gasteiger partial charge on any atom is -0.489 e. The van der Waals surface area contributed by atoms with E-state index in [1.165, 1.54) is 24.8 Å². The SMILES string of the molecule is OC1c2cccc3c2[C@]24CCN[C@H]1[C@@H]2CCCC4O3. The lowest BCUT2D eigenvalue weighted by Gasteiger charge is -2.56. The first-order chi connectivity index (χ1) is 9.32. The molecule has 5 atom stereocenters. The zero-order chi connectivity index (χ0) is 12.6. The van der Waals surface area contributed by atoms with Crippen LogP contribution in [0.3, 0.4) is 0 Å². The Morgan fingerprint density at radius 2 is 2.26 bits per heavy atom. The number of benzene rings is 1. The van der Waals surface area contributed by atoms with Crippen LogP contribution in [0.15, 0.2) is 18.2 Å². The molecule has 1 aromatic rings. The van der Waals surface area contributed by atoms with Crippen LogP contribution in [0.4, 0.5) is 0 Å². The van der Waals surface area contributed by atoms with Crippen molar-refractivity contribution in [1.82, 2.24) is 5.32 Å². The lowest BCUT2D eigenvalue weighted by molar-refractivity contribution is -0.0405. The first kappa shape index (κ1) is 10.7. The van der Waals surface area contributed by atoms with Gasteiger partial charge in [-0.25, -0.2) is 0 Å². The van der Waals surface area contributed by atoms with Crippen molar-refractivity contribution in [3.8, 4) is 5.75 Å². The molecule has 0 amide bonds. The first-order valence-corrected chi connectivity index (χ1v) is 7.54. The van der Waals surface area contributed by atoms with Gasteiger partial charge in [0.2, 0.25) is 0 Å². The van der Waals surface area contributed by atoms with Crippen molar-refractivity contribution in [3.05, 3.63) is 29.3 Å². The van der Waals surface area contributed by atoms with Gasteiger partial charge < -0.3 is 15.2 Å². The number of hydrogen-bond donors (Lipinski definition) is 2. The summed E-state index contributed by atoms with van der Waals surface area (Å²) in [4.78, 5) is 0. The number of aliphatic hydroxyl groups is 1. The molecule has 2 bridgehead atoms. The van der Waals surface area contributed by atoms with Crippen molar-refractivity contribution < 1.29 is 9.84 Å². The molecule has 1 saturated carbocycles. The van der Waals surface area contributed by atoms with E-state index in [2.05, 4.69) is 17.4 Å². The third-order valence-corrected chi connectivity index (χ3v) is 6.02. The molecule has 0 aromatic heterocycles. The topological polar surface area (TPSA) is 41.5 Å². The fourth-order valence-corrected chi connectivity index (χ4v) is 5.42. The summed E-state index contributed by atoms with van der Waals surface area (Å²) in [6.45, 7) is 1.01. The molecule has 2 aliphatic heterocycles. The highest BCUT2D eigenvalue weighted by Crippen LogP contribution is 2.62. The van der Waals surface area contributed by atoms with Gasteiger partial charge in [-0.05, 0) is 49.8 Å². The van der Waals surface area contributed by atoms with Crippen LogP contribution in [0.1, 0.15) is 42.9 Å².